The van der Waals surface area contributed by atoms with Gasteiger partial charge in [0.25, 0.3) is 5.91 Å². The molecule has 43 heavy (non-hydrogen) atoms. The van der Waals surface area contributed by atoms with Gasteiger partial charge in [0.2, 0.25) is 5.88 Å². The predicted octanol–water partition coefficient (Wildman–Crippen LogP) is 4.36. The van der Waals surface area contributed by atoms with Crippen molar-refractivity contribution in [3.05, 3.63) is 72.2 Å². The van der Waals surface area contributed by atoms with Gasteiger partial charge < -0.3 is 24.4 Å². The number of rotatable bonds is 12. The van der Waals surface area contributed by atoms with E-state index in [9.17, 15) is 35.2 Å². The van der Waals surface area contributed by atoms with Crippen LogP contribution in [0.2, 0.25) is 0 Å². The summed E-state index contributed by atoms with van der Waals surface area (Å²) in [5.41, 5.74) is 1.37. The van der Waals surface area contributed by atoms with Crippen molar-refractivity contribution in [3.8, 4) is 11.6 Å². The molecular formula is C27H27F5N4O6S. The van der Waals surface area contributed by atoms with Gasteiger partial charge in [0.1, 0.15) is 11.9 Å². The first-order valence-corrected chi connectivity index (χ1v) is 14.6. The average molecular weight is 631 g/mol. The molecule has 0 radical (unpaired) electrons. The van der Waals surface area contributed by atoms with Crippen LogP contribution in [0.1, 0.15) is 29.4 Å². The Kier molecular flexibility index (Phi) is 10.0. The Morgan fingerprint density at radius 2 is 1.81 bits per heavy atom. The van der Waals surface area contributed by atoms with Gasteiger partial charge in [-0.15, -0.1) is 13.2 Å². The zero-order valence-corrected chi connectivity index (χ0v) is 23.4. The second-order valence-corrected chi connectivity index (χ2v) is 11.7. The number of alkyl halides is 5. The summed E-state index contributed by atoms with van der Waals surface area (Å²) in [6, 6.07) is 11.0. The number of halogens is 5. The Balaban J connectivity index is 1.38. The first kappa shape index (κ1) is 31.9. The number of amides is 1. The average Bonchev–Trinajstić information content (AvgIpc) is 3.37. The molecule has 3 heterocycles. The summed E-state index contributed by atoms with van der Waals surface area (Å²) in [4.78, 5) is 22.4. The SMILES string of the molecule is CCS(=O)(=O)c1ccc(CNC(=O)c2ccc(N3C[C@@H](Oc4ccc(OC(F)(F)F)cn4)C[C@H]3COC(F)F)cc2)nc1. The highest BCUT2D eigenvalue weighted by Gasteiger charge is 2.35. The minimum atomic E-state index is -4.87. The Hall–Kier alpha value is -4.05. The summed E-state index contributed by atoms with van der Waals surface area (Å²) in [6.07, 6.45) is -3.07. The number of carbonyl (C=O) groups excluding carboxylic acids is 1. The van der Waals surface area contributed by atoms with Gasteiger partial charge in [-0.3, -0.25) is 9.78 Å². The number of benzene rings is 1. The highest BCUT2D eigenvalue weighted by molar-refractivity contribution is 7.91. The van der Waals surface area contributed by atoms with Crippen LogP contribution in [-0.2, 0) is 21.1 Å². The maximum Gasteiger partial charge on any atom is 0.573 e. The van der Waals surface area contributed by atoms with E-state index in [1.165, 1.54) is 31.3 Å². The Morgan fingerprint density at radius 3 is 2.40 bits per heavy atom. The minimum Gasteiger partial charge on any atom is -0.472 e. The van der Waals surface area contributed by atoms with Gasteiger partial charge in [-0.2, -0.15) is 8.78 Å². The molecule has 1 fully saturated rings. The van der Waals surface area contributed by atoms with E-state index in [1.54, 1.807) is 29.2 Å². The molecule has 1 N–H and O–H groups in total. The molecule has 1 aromatic carbocycles. The third-order valence-corrected chi connectivity index (χ3v) is 8.17. The third-order valence-electron chi connectivity index (χ3n) is 6.45. The quantitative estimate of drug-likeness (QED) is 0.291. The summed E-state index contributed by atoms with van der Waals surface area (Å²) >= 11 is 0. The molecule has 0 aliphatic carbocycles. The number of hydrogen-bond acceptors (Lipinski definition) is 9. The maximum atomic E-state index is 12.8. The third kappa shape index (κ3) is 8.97. The van der Waals surface area contributed by atoms with Crippen LogP contribution < -0.4 is 19.7 Å². The minimum absolute atomic E-state index is 0.0260. The Bertz CT molecular complexity index is 1470. The van der Waals surface area contributed by atoms with Crippen LogP contribution in [-0.4, -0.2) is 68.3 Å². The fourth-order valence-electron chi connectivity index (χ4n) is 4.36. The molecule has 232 valence electrons. The lowest BCUT2D eigenvalue weighted by molar-refractivity contribution is -0.274. The van der Waals surface area contributed by atoms with Crippen LogP contribution in [0.25, 0.3) is 0 Å². The highest BCUT2D eigenvalue weighted by atomic mass is 32.2. The monoisotopic (exact) mass is 630 g/mol. The topological polar surface area (TPSA) is 120 Å². The van der Waals surface area contributed by atoms with Crippen molar-refractivity contribution in [2.24, 2.45) is 0 Å². The van der Waals surface area contributed by atoms with Crippen LogP contribution >= 0.6 is 0 Å². The van der Waals surface area contributed by atoms with E-state index in [0.29, 0.717) is 16.9 Å². The van der Waals surface area contributed by atoms with E-state index >= 15 is 0 Å². The molecule has 2 atom stereocenters. The maximum absolute atomic E-state index is 12.8. The van der Waals surface area contributed by atoms with Crippen LogP contribution in [0.15, 0.2) is 65.8 Å². The molecule has 3 aromatic rings. The lowest BCUT2D eigenvalue weighted by Gasteiger charge is -2.26. The zero-order valence-electron chi connectivity index (χ0n) is 22.6. The van der Waals surface area contributed by atoms with E-state index in [-0.39, 0.29) is 42.6 Å². The molecule has 1 amide bonds. The molecule has 0 spiro atoms. The van der Waals surface area contributed by atoms with Gasteiger partial charge in [0.15, 0.2) is 9.84 Å². The number of carbonyl (C=O) groups is 1. The molecule has 2 aromatic heterocycles. The second kappa shape index (κ2) is 13.5. The number of hydrogen-bond donors (Lipinski definition) is 1. The molecular weight excluding hydrogens is 603 g/mol. The first-order chi connectivity index (χ1) is 20.3. The van der Waals surface area contributed by atoms with Crippen molar-refractivity contribution < 1.29 is 49.4 Å². The molecule has 1 aliphatic rings. The molecule has 0 unspecified atom stereocenters. The fraction of sp³-hybridized carbons (Fsp3) is 0.370. The van der Waals surface area contributed by atoms with E-state index < -0.39 is 46.6 Å². The van der Waals surface area contributed by atoms with E-state index in [0.717, 1.165) is 12.3 Å². The van der Waals surface area contributed by atoms with Gasteiger partial charge in [-0.1, -0.05) is 6.92 Å². The van der Waals surface area contributed by atoms with Gasteiger partial charge in [-0.25, -0.2) is 13.4 Å². The summed E-state index contributed by atoms with van der Waals surface area (Å²) in [5.74, 6) is -0.959. The largest absolute Gasteiger partial charge is 0.573 e. The Morgan fingerprint density at radius 1 is 1.07 bits per heavy atom. The van der Waals surface area contributed by atoms with Crippen molar-refractivity contribution in [1.29, 1.82) is 0 Å². The van der Waals surface area contributed by atoms with Crippen molar-refractivity contribution in [2.75, 3.05) is 23.8 Å². The number of sulfone groups is 1. The lowest BCUT2D eigenvalue weighted by atomic mass is 10.1. The lowest BCUT2D eigenvalue weighted by Crippen LogP contribution is -2.34. The van der Waals surface area contributed by atoms with Crippen molar-refractivity contribution >= 4 is 21.4 Å². The smallest absolute Gasteiger partial charge is 0.472 e. The molecule has 1 aliphatic heterocycles. The number of anilines is 1. The number of pyridine rings is 2. The van der Waals surface area contributed by atoms with Crippen LogP contribution in [0.5, 0.6) is 11.6 Å². The predicted molar refractivity (Wildman–Crippen MR) is 143 cm³/mol. The summed E-state index contributed by atoms with van der Waals surface area (Å²) < 4.78 is 101. The molecule has 16 heteroatoms. The first-order valence-electron chi connectivity index (χ1n) is 12.9. The molecule has 10 nitrogen and oxygen atoms in total. The van der Waals surface area contributed by atoms with Gasteiger partial charge in [0, 0.05) is 29.9 Å². The molecule has 4 rings (SSSR count). The summed E-state index contributed by atoms with van der Waals surface area (Å²) in [6.45, 7) is -1.50. The van der Waals surface area contributed by atoms with Gasteiger partial charge in [0.05, 0.1) is 48.3 Å². The number of aromatic nitrogens is 2. The van der Waals surface area contributed by atoms with Gasteiger partial charge in [-0.05, 0) is 42.5 Å². The van der Waals surface area contributed by atoms with Crippen LogP contribution in [0.4, 0.5) is 27.6 Å². The number of nitrogens with one attached hydrogen (secondary N) is 1. The van der Waals surface area contributed by atoms with E-state index in [4.69, 9.17) is 4.74 Å². The fourth-order valence-corrected chi connectivity index (χ4v) is 5.18. The highest BCUT2D eigenvalue weighted by Crippen LogP contribution is 2.30. The standard InChI is InChI=1S/C27H27F5N4O6S/c1-2-43(38,39)23-9-5-18(33-14-23)12-35-25(37)17-3-6-19(7-4-17)36-15-22(11-20(36)16-40-26(28)29)41-24-10-8-21(13-34-24)42-27(30,31)32/h3-10,13-14,20,22,26H,2,11-12,15-16H2,1H3,(H,35,37)/t20-,22-/m0/s1. The van der Waals surface area contributed by atoms with Crippen molar-refractivity contribution in [3.63, 3.8) is 0 Å². The van der Waals surface area contributed by atoms with E-state index in [1.807, 2.05) is 0 Å². The van der Waals surface area contributed by atoms with Crippen LogP contribution in [0.3, 0.4) is 0 Å². The molecule has 1 saturated heterocycles. The van der Waals surface area contributed by atoms with E-state index in [2.05, 4.69) is 24.8 Å². The zero-order chi connectivity index (χ0) is 31.2. The van der Waals surface area contributed by atoms with Crippen molar-refractivity contribution in [1.82, 2.24) is 15.3 Å². The summed E-state index contributed by atoms with van der Waals surface area (Å²) in [7, 11) is -3.39. The molecule has 0 saturated carbocycles. The molecule has 0 bridgehead atoms. The van der Waals surface area contributed by atoms with Crippen LogP contribution in [0, 0.1) is 0 Å². The van der Waals surface area contributed by atoms with Gasteiger partial charge >= 0.3 is 13.0 Å². The normalized spacial score (nSPS) is 17.2. The number of ether oxygens (including phenoxy) is 3. The Labute approximate surface area is 243 Å². The second-order valence-electron chi connectivity index (χ2n) is 9.37. The van der Waals surface area contributed by atoms with Crippen molar-refractivity contribution in [2.45, 2.75) is 49.9 Å². The number of nitrogens with zero attached hydrogens (tertiary/aromatic N) is 3. The summed E-state index contributed by atoms with van der Waals surface area (Å²) in [5, 5.41) is 2.70.